The highest BCUT2D eigenvalue weighted by molar-refractivity contribution is 7.33. The molecular formula is C10H20BO3P. The summed E-state index contributed by atoms with van der Waals surface area (Å²) < 4.78 is 16.5. The molecule has 0 spiro atoms. The summed E-state index contributed by atoms with van der Waals surface area (Å²) in [6.45, 7) is 6.89. The molecule has 0 aromatic heterocycles. The summed E-state index contributed by atoms with van der Waals surface area (Å²) in [4.78, 5) is 0. The van der Waals surface area contributed by atoms with Crippen LogP contribution in [0.2, 0.25) is 0 Å². The van der Waals surface area contributed by atoms with Crippen LogP contribution in [0.15, 0.2) is 0 Å². The Morgan fingerprint density at radius 1 is 1.47 bits per heavy atom. The molecule has 1 heterocycles. The Morgan fingerprint density at radius 3 is 2.67 bits per heavy atom. The van der Waals surface area contributed by atoms with Crippen LogP contribution in [0.1, 0.15) is 20.8 Å². The zero-order valence-corrected chi connectivity index (χ0v) is 10.9. The van der Waals surface area contributed by atoms with Crippen LogP contribution in [0, 0.1) is 5.92 Å². The number of methoxy groups -OCH3 is 1. The highest BCUT2D eigenvalue weighted by atomic mass is 31.1. The van der Waals surface area contributed by atoms with Crippen LogP contribution in [-0.4, -0.2) is 45.4 Å². The van der Waals surface area contributed by atoms with Crippen molar-refractivity contribution in [1.82, 2.24) is 0 Å². The summed E-state index contributed by atoms with van der Waals surface area (Å²) in [5.41, 5.74) is 0.568. The first kappa shape index (κ1) is 13.4. The average Bonchev–Trinajstić information content (AvgIpc) is 2.42. The molecular weight excluding hydrogens is 210 g/mol. The van der Waals surface area contributed by atoms with E-state index in [-0.39, 0.29) is 24.1 Å². The summed E-state index contributed by atoms with van der Waals surface area (Å²) in [7, 11) is 8.02. The Hall–Kier alpha value is 0.375. The maximum Gasteiger partial charge on any atom is 0.109 e. The Balaban J connectivity index is 2.34. The van der Waals surface area contributed by atoms with Crippen LogP contribution in [0.5, 0.6) is 0 Å². The number of hydrogen-bond acceptors (Lipinski definition) is 3. The molecule has 5 heteroatoms. The van der Waals surface area contributed by atoms with Crippen LogP contribution in [0.25, 0.3) is 0 Å². The molecule has 5 unspecified atom stereocenters. The zero-order chi connectivity index (χ0) is 11.4. The molecule has 0 bridgehead atoms. The van der Waals surface area contributed by atoms with E-state index in [1.807, 2.05) is 6.92 Å². The SMILES string of the molecule is [B]C1OC(COPC(C)C)C(OC)C1C. The molecule has 1 rings (SSSR count). The molecule has 2 radical (unpaired) electrons. The van der Waals surface area contributed by atoms with Gasteiger partial charge < -0.3 is 14.0 Å². The van der Waals surface area contributed by atoms with E-state index in [1.54, 1.807) is 7.11 Å². The molecule has 0 saturated carbocycles. The Kier molecular flexibility index (Phi) is 5.55. The fraction of sp³-hybridized carbons (Fsp3) is 1.00. The predicted octanol–water partition coefficient (Wildman–Crippen LogP) is 1.55. The lowest BCUT2D eigenvalue weighted by Gasteiger charge is -2.19. The van der Waals surface area contributed by atoms with Gasteiger partial charge in [0.25, 0.3) is 0 Å². The third-order valence-electron chi connectivity index (χ3n) is 2.57. The molecule has 1 saturated heterocycles. The maximum absolute atomic E-state index is 5.81. The predicted molar refractivity (Wildman–Crippen MR) is 63.8 cm³/mol. The van der Waals surface area contributed by atoms with Gasteiger partial charge in [-0.3, -0.25) is 0 Å². The van der Waals surface area contributed by atoms with Gasteiger partial charge in [-0.1, -0.05) is 20.8 Å². The first-order valence-electron chi connectivity index (χ1n) is 5.37. The highest BCUT2D eigenvalue weighted by Crippen LogP contribution is 2.29. The smallest absolute Gasteiger partial charge is 0.109 e. The van der Waals surface area contributed by atoms with Crippen molar-refractivity contribution in [2.75, 3.05) is 13.7 Å². The van der Waals surface area contributed by atoms with E-state index in [4.69, 9.17) is 21.8 Å². The third kappa shape index (κ3) is 3.71. The van der Waals surface area contributed by atoms with Gasteiger partial charge >= 0.3 is 0 Å². The molecule has 1 fully saturated rings. The molecule has 5 atom stereocenters. The van der Waals surface area contributed by atoms with E-state index in [1.165, 1.54) is 0 Å². The molecule has 86 valence electrons. The average molecular weight is 230 g/mol. The number of ether oxygens (including phenoxy) is 2. The molecule has 1 aliphatic heterocycles. The topological polar surface area (TPSA) is 27.7 Å². The van der Waals surface area contributed by atoms with Gasteiger partial charge in [-0.25, -0.2) is 0 Å². The van der Waals surface area contributed by atoms with Crippen molar-refractivity contribution >= 4 is 16.7 Å². The Bertz CT molecular complexity index is 192. The first-order chi connectivity index (χ1) is 7.06. The van der Waals surface area contributed by atoms with Crippen molar-refractivity contribution in [3.05, 3.63) is 0 Å². The second-order valence-corrected chi connectivity index (χ2v) is 5.96. The highest BCUT2D eigenvalue weighted by Gasteiger charge is 2.39. The summed E-state index contributed by atoms with van der Waals surface area (Å²) in [5, 5.41) is 0. The van der Waals surface area contributed by atoms with Gasteiger partial charge in [0.05, 0.1) is 12.7 Å². The summed E-state index contributed by atoms with van der Waals surface area (Å²) in [6, 6.07) is -0.231. The monoisotopic (exact) mass is 230 g/mol. The molecule has 0 aliphatic carbocycles. The van der Waals surface area contributed by atoms with Crippen LogP contribution in [0.4, 0.5) is 0 Å². The first-order valence-corrected chi connectivity index (χ1v) is 6.36. The normalized spacial score (nSPS) is 37.1. The van der Waals surface area contributed by atoms with Gasteiger partial charge in [-0.05, 0) is 5.66 Å². The summed E-state index contributed by atoms with van der Waals surface area (Å²) >= 11 is 0. The molecule has 15 heavy (non-hydrogen) atoms. The lowest BCUT2D eigenvalue weighted by Crippen LogP contribution is -2.31. The van der Waals surface area contributed by atoms with E-state index in [9.17, 15) is 0 Å². The van der Waals surface area contributed by atoms with Crippen molar-refractivity contribution in [2.24, 2.45) is 5.92 Å². The largest absolute Gasteiger partial charge is 0.379 e. The zero-order valence-electron chi connectivity index (χ0n) is 9.90. The van der Waals surface area contributed by atoms with Crippen LogP contribution >= 0.6 is 8.81 Å². The van der Waals surface area contributed by atoms with Gasteiger partial charge in [-0.15, -0.1) is 0 Å². The lowest BCUT2D eigenvalue weighted by molar-refractivity contribution is -0.0148. The van der Waals surface area contributed by atoms with Crippen LogP contribution < -0.4 is 0 Å². The molecule has 0 N–H and O–H groups in total. The summed E-state index contributed by atoms with van der Waals surface area (Å²) in [5.74, 6) is 0.228. The van der Waals surface area contributed by atoms with Crippen molar-refractivity contribution in [3.63, 3.8) is 0 Å². The minimum Gasteiger partial charge on any atom is -0.379 e. The van der Waals surface area contributed by atoms with E-state index < -0.39 is 0 Å². The minimum absolute atomic E-state index is 0.0220. The minimum atomic E-state index is -0.231. The van der Waals surface area contributed by atoms with Gasteiger partial charge in [0, 0.05) is 27.8 Å². The van der Waals surface area contributed by atoms with E-state index >= 15 is 0 Å². The van der Waals surface area contributed by atoms with Gasteiger partial charge in [-0.2, -0.15) is 0 Å². The molecule has 0 aromatic carbocycles. The van der Waals surface area contributed by atoms with Gasteiger partial charge in [0.15, 0.2) is 0 Å². The van der Waals surface area contributed by atoms with Crippen LogP contribution in [0.3, 0.4) is 0 Å². The van der Waals surface area contributed by atoms with Crippen LogP contribution in [-0.2, 0) is 14.0 Å². The number of hydrogen-bond donors (Lipinski definition) is 0. The quantitative estimate of drug-likeness (QED) is 0.529. The van der Waals surface area contributed by atoms with Crippen molar-refractivity contribution in [1.29, 1.82) is 0 Å². The Morgan fingerprint density at radius 2 is 2.13 bits per heavy atom. The van der Waals surface area contributed by atoms with Gasteiger partial charge in [0.1, 0.15) is 14.0 Å². The fourth-order valence-electron chi connectivity index (χ4n) is 1.73. The second-order valence-electron chi connectivity index (χ2n) is 4.28. The van der Waals surface area contributed by atoms with Gasteiger partial charge in [0.2, 0.25) is 0 Å². The van der Waals surface area contributed by atoms with Crippen molar-refractivity contribution in [2.45, 2.75) is 44.6 Å². The van der Waals surface area contributed by atoms with E-state index in [0.29, 0.717) is 21.1 Å². The third-order valence-corrected chi connectivity index (χ3v) is 3.38. The van der Waals surface area contributed by atoms with Crippen molar-refractivity contribution < 1.29 is 14.0 Å². The Labute approximate surface area is 95.5 Å². The van der Waals surface area contributed by atoms with E-state index in [2.05, 4.69) is 13.8 Å². The molecule has 3 nitrogen and oxygen atoms in total. The molecule has 0 amide bonds. The fourth-order valence-corrected chi connectivity index (χ4v) is 2.32. The summed E-state index contributed by atoms with van der Waals surface area (Å²) in [6.07, 6.45) is 0.0308. The number of rotatable bonds is 5. The standard InChI is InChI=1S/C10H20BO3P/c1-6(2)15-13-5-8-9(12-4)7(3)10(11)14-8/h6-10,15H,5H2,1-4H3. The lowest BCUT2D eigenvalue weighted by atomic mass is 9.86. The molecule has 1 aliphatic rings. The molecule has 0 aromatic rings. The van der Waals surface area contributed by atoms with Crippen molar-refractivity contribution in [3.8, 4) is 0 Å². The van der Waals surface area contributed by atoms with E-state index in [0.717, 1.165) is 0 Å². The second kappa shape index (κ2) is 6.19. The maximum atomic E-state index is 5.81.